The van der Waals surface area contributed by atoms with Gasteiger partial charge >= 0.3 is 0 Å². The Bertz CT molecular complexity index is 544. The molecule has 0 bridgehead atoms. The number of thiophene rings is 1. The molecule has 0 radical (unpaired) electrons. The first-order chi connectivity index (χ1) is 8.15. The molecule has 17 heavy (non-hydrogen) atoms. The summed E-state index contributed by atoms with van der Waals surface area (Å²) in [7, 11) is 0. The lowest BCUT2D eigenvalue weighted by molar-refractivity contribution is -0.125. The predicted molar refractivity (Wildman–Crippen MR) is 66.8 cm³/mol. The van der Waals surface area contributed by atoms with E-state index in [2.05, 4.69) is 18.3 Å². The molecule has 1 atom stereocenters. The first kappa shape index (κ1) is 10.7. The maximum absolute atomic E-state index is 12.0. The fraction of sp³-hybridized carbons (Fsp3) is 0.385. The van der Waals surface area contributed by atoms with E-state index >= 15 is 0 Å². The van der Waals surface area contributed by atoms with Crippen molar-refractivity contribution in [1.82, 2.24) is 5.32 Å². The largest absolute Gasteiger partial charge is 0.295 e. The fourth-order valence-electron chi connectivity index (χ4n) is 2.58. The molecule has 1 fully saturated rings. The number of aryl methyl sites for hydroxylation is 1. The third kappa shape index (κ3) is 1.40. The molecule has 2 amide bonds. The van der Waals surface area contributed by atoms with Gasteiger partial charge in [0.1, 0.15) is 5.41 Å². The zero-order valence-corrected chi connectivity index (χ0v) is 10.4. The van der Waals surface area contributed by atoms with Gasteiger partial charge in [-0.15, -0.1) is 11.3 Å². The van der Waals surface area contributed by atoms with Gasteiger partial charge < -0.3 is 0 Å². The van der Waals surface area contributed by atoms with Crippen LogP contribution in [0.15, 0.2) is 12.1 Å². The van der Waals surface area contributed by atoms with Crippen LogP contribution in [0.5, 0.6) is 0 Å². The van der Waals surface area contributed by atoms with Crippen LogP contribution >= 0.6 is 11.3 Å². The Kier molecular flexibility index (Phi) is 2.23. The summed E-state index contributed by atoms with van der Waals surface area (Å²) in [4.78, 5) is 25.8. The minimum Gasteiger partial charge on any atom is -0.295 e. The van der Waals surface area contributed by atoms with Gasteiger partial charge in [0.25, 0.3) is 0 Å². The van der Waals surface area contributed by atoms with Crippen molar-refractivity contribution in [1.29, 1.82) is 0 Å². The highest BCUT2D eigenvalue weighted by Crippen LogP contribution is 2.45. The second kappa shape index (κ2) is 3.53. The zero-order chi connectivity index (χ0) is 12.0. The van der Waals surface area contributed by atoms with Crippen LogP contribution in [0.25, 0.3) is 6.08 Å². The van der Waals surface area contributed by atoms with Crippen molar-refractivity contribution in [3.63, 3.8) is 0 Å². The summed E-state index contributed by atoms with van der Waals surface area (Å²) >= 11 is 1.73. The van der Waals surface area contributed by atoms with E-state index in [9.17, 15) is 9.59 Å². The summed E-state index contributed by atoms with van der Waals surface area (Å²) in [6.07, 6.45) is 6.26. The highest BCUT2D eigenvalue weighted by molar-refractivity contribution is 7.13. The lowest BCUT2D eigenvalue weighted by Crippen LogP contribution is -2.32. The van der Waals surface area contributed by atoms with Crippen LogP contribution in [0.3, 0.4) is 0 Å². The van der Waals surface area contributed by atoms with Gasteiger partial charge in [-0.05, 0) is 24.1 Å². The maximum Gasteiger partial charge on any atom is 0.241 e. The summed E-state index contributed by atoms with van der Waals surface area (Å²) in [5.41, 5.74) is 0.323. The van der Waals surface area contributed by atoms with E-state index in [1.807, 2.05) is 12.2 Å². The molecule has 1 aliphatic heterocycles. The van der Waals surface area contributed by atoms with Gasteiger partial charge in [0, 0.05) is 16.2 Å². The van der Waals surface area contributed by atoms with Crippen LogP contribution in [0, 0.1) is 0 Å². The molecule has 1 aromatic heterocycles. The molecule has 3 nitrogen and oxygen atoms in total. The van der Waals surface area contributed by atoms with E-state index < -0.39 is 5.41 Å². The molecule has 1 N–H and O–H groups in total. The summed E-state index contributed by atoms with van der Waals surface area (Å²) in [5, 5.41) is 2.41. The van der Waals surface area contributed by atoms with E-state index in [1.54, 1.807) is 11.3 Å². The highest BCUT2D eigenvalue weighted by atomic mass is 32.1. The molecular formula is C13H13NO2S. The van der Waals surface area contributed by atoms with E-state index in [0.29, 0.717) is 0 Å². The quantitative estimate of drug-likeness (QED) is 0.813. The molecule has 0 saturated carbocycles. The van der Waals surface area contributed by atoms with Crippen LogP contribution < -0.4 is 5.32 Å². The van der Waals surface area contributed by atoms with Crippen LogP contribution in [-0.4, -0.2) is 11.8 Å². The van der Waals surface area contributed by atoms with E-state index in [4.69, 9.17) is 0 Å². The number of hydrogen-bond acceptors (Lipinski definition) is 3. The van der Waals surface area contributed by atoms with Crippen LogP contribution in [-0.2, 0) is 21.4 Å². The highest BCUT2D eigenvalue weighted by Gasteiger charge is 2.49. The second-order valence-corrected chi connectivity index (χ2v) is 5.77. The number of fused-ring (bicyclic) bond motifs is 2. The standard InChI is InChI=1S/C13H13NO2S/c1-2-3-8-6-9-10(17-8)4-5-13(9)7-11(15)14-12(13)16/h4-6H,2-3,7H2,1H3,(H,14,15,16). The smallest absolute Gasteiger partial charge is 0.241 e. The molecule has 1 aromatic rings. The molecular weight excluding hydrogens is 234 g/mol. The van der Waals surface area contributed by atoms with Gasteiger partial charge in [-0.3, -0.25) is 14.9 Å². The van der Waals surface area contributed by atoms with Gasteiger partial charge in [-0.2, -0.15) is 0 Å². The zero-order valence-electron chi connectivity index (χ0n) is 9.58. The topological polar surface area (TPSA) is 46.2 Å². The second-order valence-electron chi connectivity index (χ2n) is 4.60. The maximum atomic E-state index is 12.0. The third-order valence-electron chi connectivity index (χ3n) is 3.41. The van der Waals surface area contributed by atoms with Gasteiger partial charge in [-0.1, -0.05) is 19.4 Å². The SMILES string of the molecule is CCCc1cc2c(s1)C=CC21CC(=O)NC1=O. The van der Waals surface area contributed by atoms with Crippen molar-refractivity contribution in [2.45, 2.75) is 31.6 Å². The van der Waals surface area contributed by atoms with Crippen molar-refractivity contribution >= 4 is 29.2 Å². The van der Waals surface area contributed by atoms with E-state index in [1.165, 1.54) is 4.88 Å². The van der Waals surface area contributed by atoms with Crippen molar-refractivity contribution in [3.05, 3.63) is 27.5 Å². The number of carbonyl (C=O) groups excluding carboxylic acids is 2. The van der Waals surface area contributed by atoms with Gasteiger partial charge in [0.15, 0.2) is 0 Å². The Balaban J connectivity index is 2.06. The molecule has 1 spiro atoms. The van der Waals surface area contributed by atoms with Crippen molar-refractivity contribution in [2.75, 3.05) is 0 Å². The van der Waals surface area contributed by atoms with Gasteiger partial charge in [0.2, 0.25) is 11.8 Å². The number of nitrogens with one attached hydrogen (secondary N) is 1. The lowest BCUT2D eigenvalue weighted by atomic mass is 9.82. The molecule has 2 heterocycles. The van der Waals surface area contributed by atoms with Crippen LogP contribution in [0.2, 0.25) is 0 Å². The Morgan fingerprint density at radius 1 is 1.47 bits per heavy atom. The average molecular weight is 247 g/mol. The Morgan fingerprint density at radius 2 is 2.29 bits per heavy atom. The molecule has 1 aliphatic carbocycles. The van der Waals surface area contributed by atoms with Crippen LogP contribution in [0.4, 0.5) is 0 Å². The molecule has 2 aliphatic rings. The Hall–Kier alpha value is -1.42. The van der Waals surface area contributed by atoms with E-state index in [0.717, 1.165) is 23.3 Å². The Labute approximate surface area is 104 Å². The number of rotatable bonds is 2. The van der Waals surface area contributed by atoms with Gasteiger partial charge in [-0.25, -0.2) is 0 Å². The summed E-state index contributed by atoms with van der Waals surface area (Å²) in [6, 6.07) is 2.10. The number of imide groups is 1. The fourth-order valence-corrected chi connectivity index (χ4v) is 3.83. The summed E-state index contributed by atoms with van der Waals surface area (Å²) in [5.74, 6) is -0.339. The molecule has 88 valence electrons. The number of carbonyl (C=O) groups is 2. The van der Waals surface area contributed by atoms with Crippen molar-refractivity contribution < 1.29 is 9.59 Å². The normalized spacial score (nSPS) is 25.7. The minimum atomic E-state index is -0.699. The summed E-state index contributed by atoms with van der Waals surface area (Å²) < 4.78 is 0. The first-order valence-corrected chi connectivity index (χ1v) is 6.64. The van der Waals surface area contributed by atoms with Crippen molar-refractivity contribution in [3.8, 4) is 0 Å². The average Bonchev–Trinajstić information content (AvgIpc) is 2.87. The first-order valence-electron chi connectivity index (χ1n) is 5.82. The predicted octanol–water partition coefficient (Wildman–Crippen LogP) is 2.01. The van der Waals surface area contributed by atoms with Gasteiger partial charge in [0.05, 0.1) is 0 Å². The molecule has 1 saturated heterocycles. The molecule has 4 heteroatoms. The Morgan fingerprint density at radius 3 is 2.94 bits per heavy atom. The number of amides is 2. The van der Waals surface area contributed by atoms with Crippen LogP contribution in [0.1, 0.15) is 35.1 Å². The summed E-state index contributed by atoms with van der Waals surface area (Å²) in [6.45, 7) is 2.14. The molecule has 1 unspecified atom stereocenters. The third-order valence-corrected chi connectivity index (χ3v) is 4.57. The molecule has 3 rings (SSSR count). The van der Waals surface area contributed by atoms with Crippen molar-refractivity contribution in [2.24, 2.45) is 0 Å². The minimum absolute atomic E-state index is 0.168. The lowest BCUT2D eigenvalue weighted by Gasteiger charge is -2.16. The monoisotopic (exact) mass is 247 g/mol. The molecule has 0 aromatic carbocycles. The van der Waals surface area contributed by atoms with E-state index in [-0.39, 0.29) is 18.2 Å². The number of hydrogen-bond donors (Lipinski definition) is 1.